The van der Waals surface area contributed by atoms with Gasteiger partial charge in [-0.1, -0.05) is 11.8 Å². The van der Waals surface area contributed by atoms with E-state index in [4.69, 9.17) is 10.00 Å². The lowest BCUT2D eigenvalue weighted by Crippen LogP contribution is -2.01. The monoisotopic (exact) mass is 299 g/mol. The maximum absolute atomic E-state index is 11.5. The third-order valence-corrected chi connectivity index (χ3v) is 3.86. The van der Waals surface area contributed by atoms with Crippen LogP contribution in [-0.2, 0) is 4.74 Å². The summed E-state index contributed by atoms with van der Waals surface area (Å²) in [5.41, 5.74) is 1.06. The van der Waals surface area contributed by atoms with E-state index in [9.17, 15) is 4.79 Å². The lowest BCUT2D eigenvalue weighted by Gasteiger charge is -2.09. The first-order valence-electron chi connectivity index (χ1n) is 6.12. The molecule has 106 valence electrons. The maximum atomic E-state index is 11.5. The van der Waals surface area contributed by atoms with Crippen LogP contribution < -0.4 is 4.74 Å². The number of benzene rings is 2. The highest BCUT2D eigenvalue weighted by Crippen LogP contribution is 2.35. The molecule has 0 amide bonds. The van der Waals surface area contributed by atoms with Crippen LogP contribution in [0.4, 0.5) is 0 Å². The summed E-state index contributed by atoms with van der Waals surface area (Å²) in [5, 5.41) is 8.79. The smallest absolute Gasteiger partial charge is 0.337 e. The van der Waals surface area contributed by atoms with Gasteiger partial charge in [-0.3, -0.25) is 0 Å². The van der Waals surface area contributed by atoms with E-state index in [1.165, 1.54) is 18.9 Å². The SMILES string of the molecule is COC(=O)c1ccc(Sc2ccc(C#N)cc2)c(OC)c1. The van der Waals surface area contributed by atoms with Crippen LogP contribution in [0.3, 0.4) is 0 Å². The molecule has 2 aromatic carbocycles. The molecule has 4 nitrogen and oxygen atoms in total. The van der Waals surface area contributed by atoms with Gasteiger partial charge in [0, 0.05) is 4.90 Å². The molecule has 0 atom stereocenters. The van der Waals surface area contributed by atoms with Crippen LogP contribution in [0.1, 0.15) is 15.9 Å². The summed E-state index contributed by atoms with van der Waals surface area (Å²) >= 11 is 1.50. The van der Waals surface area contributed by atoms with Gasteiger partial charge in [-0.05, 0) is 42.5 Å². The molecule has 0 aromatic heterocycles. The summed E-state index contributed by atoms with van der Waals surface area (Å²) in [6, 6.07) is 14.5. The molecular weight excluding hydrogens is 286 g/mol. The zero-order chi connectivity index (χ0) is 15.2. The highest BCUT2D eigenvalue weighted by atomic mass is 32.2. The molecule has 0 spiro atoms. The van der Waals surface area contributed by atoms with Crippen LogP contribution >= 0.6 is 11.8 Å². The molecular formula is C16H13NO3S. The topological polar surface area (TPSA) is 59.3 Å². The first kappa shape index (κ1) is 14.9. The van der Waals surface area contributed by atoms with Crippen molar-refractivity contribution in [3.05, 3.63) is 53.6 Å². The van der Waals surface area contributed by atoms with Crippen LogP contribution in [0.15, 0.2) is 52.3 Å². The second-order valence-electron chi connectivity index (χ2n) is 4.10. The Balaban J connectivity index is 2.26. The molecule has 2 rings (SSSR count). The molecule has 0 aliphatic carbocycles. The number of esters is 1. The molecule has 0 N–H and O–H groups in total. The van der Waals surface area contributed by atoms with Crippen LogP contribution in [0.5, 0.6) is 5.75 Å². The molecule has 0 radical (unpaired) electrons. The molecule has 5 heteroatoms. The van der Waals surface area contributed by atoms with Gasteiger partial charge in [-0.15, -0.1) is 0 Å². The molecule has 0 fully saturated rings. The standard InChI is InChI=1S/C16H13NO3S/c1-19-14-9-12(16(18)20-2)5-8-15(14)21-13-6-3-11(10-17)4-7-13/h3-9H,1-2H3. The third-order valence-electron chi connectivity index (χ3n) is 2.80. The summed E-state index contributed by atoms with van der Waals surface area (Å²) < 4.78 is 10.0. The van der Waals surface area contributed by atoms with Crippen molar-refractivity contribution >= 4 is 17.7 Å². The minimum absolute atomic E-state index is 0.400. The average molecular weight is 299 g/mol. The molecule has 0 saturated heterocycles. The van der Waals surface area contributed by atoms with Crippen LogP contribution in [0, 0.1) is 11.3 Å². The van der Waals surface area contributed by atoms with E-state index in [0.29, 0.717) is 16.9 Å². The van der Waals surface area contributed by atoms with Gasteiger partial charge in [-0.25, -0.2) is 4.79 Å². The van der Waals surface area contributed by atoms with Crippen molar-refractivity contribution in [3.63, 3.8) is 0 Å². The second kappa shape index (κ2) is 6.82. The molecule has 0 aliphatic rings. The van der Waals surface area contributed by atoms with Crippen molar-refractivity contribution in [1.82, 2.24) is 0 Å². The molecule has 21 heavy (non-hydrogen) atoms. The lowest BCUT2D eigenvalue weighted by molar-refractivity contribution is 0.0600. The van der Waals surface area contributed by atoms with E-state index < -0.39 is 5.97 Å². The van der Waals surface area contributed by atoms with Crippen molar-refractivity contribution in [2.75, 3.05) is 14.2 Å². The molecule has 2 aromatic rings. The van der Waals surface area contributed by atoms with E-state index in [2.05, 4.69) is 10.8 Å². The van der Waals surface area contributed by atoms with Gasteiger partial charge in [0.2, 0.25) is 0 Å². The van der Waals surface area contributed by atoms with Gasteiger partial charge in [-0.2, -0.15) is 5.26 Å². The van der Waals surface area contributed by atoms with Gasteiger partial charge in [0.15, 0.2) is 0 Å². The van der Waals surface area contributed by atoms with Crippen molar-refractivity contribution < 1.29 is 14.3 Å². The highest BCUT2D eigenvalue weighted by Gasteiger charge is 2.11. The average Bonchev–Trinajstić information content (AvgIpc) is 2.55. The normalized spacial score (nSPS) is 9.76. The van der Waals surface area contributed by atoms with Crippen molar-refractivity contribution in [3.8, 4) is 11.8 Å². The zero-order valence-electron chi connectivity index (χ0n) is 11.6. The Morgan fingerprint density at radius 2 is 1.86 bits per heavy atom. The number of carbonyl (C=O) groups excluding carboxylic acids is 1. The quantitative estimate of drug-likeness (QED) is 0.809. The van der Waals surface area contributed by atoms with Gasteiger partial charge >= 0.3 is 5.97 Å². The Labute approximate surface area is 127 Å². The summed E-state index contributed by atoms with van der Waals surface area (Å²) in [4.78, 5) is 13.4. The Hall–Kier alpha value is -2.45. The van der Waals surface area contributed by atoms with Crippen LogP contribution in [0.25, 0.3) is 0 Å². The number of hydrogen-bond acceptors (Lipinski definition) is 5. The molecule has 0 heterocycles. The molecule has 0 unspecified atom stereocenters. The third kappa shape index (κ3) is 3.56. The lowest BCUT2D eigenvalue weighted by atomic mass is 10.2. The van der Waals surface area contributed by atoms with E-state index in [1.54, 1.807) is 31.4 Å². The first-order chi connectivity index (χ1) is 10.2. The first-order valence-corrected chi connectivity index (χ1v) is 6.94. The number of methoxy groups -OCH3 is 2. The summed E-state index contributed by atoms with van der Waals surface area (Å²) in [6.07, 6.45) is 0. The minimum Gasteiger partial charge on any atom is -0.496 e. The van der Waals surface area contributed by atoms with Gasteiger partial charge in [0.1, 0.15) is 5.75 Å². The minimum atomic E-state index is -0.400. The fraction of sp³-hybridized carbons (Fsp3) is 0.125. The summed E-state index contributed by atoms with van der Waals surface area (Å²) in [5.74, 6) is 0.204. The highest BCUT2D eigenvalue weighted by molar-refractivity contribution is 7.99. The number of carbonyl (C=O) groups is 1. The Morgan fingerprint density at radius 1 is 1.14 bits per heavy atom. The van der Waals surface area contributed by atoms with Gasteiger partial charge in [0.25, 0.3) is 0 Å². The predicted molar refractivity (Wildman–Crippen MR) is 79.6 cm³/mol. The largest absolute Gasteiger partial charge is 0.496 e. The van der Waals surface area contributed by atoms with Crippen molar-refractivity contribution in [1.29, 1.82) is 5.26 Å². The van der Waals surface area contributed by atoms with Gasteiger partial charge < -0.3 is 9.47 Å². The molecule has 0 bridgehead atoms. The molecule has 0 aliphatic heterocycles. The second-order valence-corrected chi connectivity index (χ2v) is 5.21. The number of rotatable bonds is 4. The fourth-order valence-electron chi connectivity index (χ4n) is 1.72. The summed E-state index contributed by atoms with van der Waals surface area (Å²) in [7, 11) is 2.90. The van der Waals surface area contributed by atoms with Gasteiger partial charge in [0.05, 0.1) is 36.3 Å². The Morgan fingerprint density at radius 3 is 2.43 bits per heavy atom. The summed E-state index contributed by atoms with van der Waals surface area (Å²) in [6.45, 7) is 0. The fourth-order valence-corrected chi connectivity index (χ4v) is 2.63. The number of nitriles is 1. The van der Waals surface area contributed by atoms with Crippen molar-refractivity contribution in [2.45, 2.75) is 9.79 Å². The Bertz CT molecular complexity index is 690. The Kier molecular flexibility index (Phi) is 4.85. The number of nitrogens with zero attached hydrogens (tertiary/aromatic N) is 1. The van der Waals surface area contributed by atoms with E-state index in [-0.39, 0.29) is 0 Å². The van der Waals surface area contributed by atoms with E-state index in [0.717, 1.165) is 9.79 Å². The van der Waals surface area contributed by atoms with Crippen molar-refractivity contribution in [2.24, 2.45) is 0 Å². The zero-order valence-corrected chi connectivity index (χ0v) is 12.4. The van der Waals surface area contributed by atoms with E-state index in [1.807, 2.05) is 18.2 Å². The predicted octanol–water partition coefficient (Wildman–Crippen LogP) is 3.50. The van der Waals surface area contributed by atoms with Crippen LogP contribution in [0.2, 0.25) is 0 Å². The number of hydrogen-bond donors (Lipinski definition) is 0. The van der Waals surface area contributed by atoms with E-state index >= 15 is 0 Å². The number of ether oxygens (including phenoxy) is 2. The molecule has 0 saturated carbocycles. The maximum Gasteiger partial charge on any atom is 0.337 e. The van der Waals surface area contributed by atoms with Crippen LogP contribution in [-0.4, -0.2) is 20.2 Å².